The molecular formula is C21H18ClF4NO3. The number of esters is 1. The van der Waals surface area contributed by atoms with E-state index in [1.54, 1.807) is 0 Å². The van der Waals surface area contributed by atoms with Crippen LogP contribution >= 0.6 is 11.6 Å². The molecule has 0 unspecified atom stereocenters. The van der Waals surface area contributed by atoms with E-state index in [1.807, 2.05) is 0 Å². The Kier molecular flexibility index (Phi) is 6.65. The highest BCUT2D eigenvalue weighted by Crippen LogP contribution is 2.29. The molecule has 1 fully saturated rings. The maximum atomic E-state index is 13.8. The van der Waals surface area contributed by atoms with Gasteiger partial charge in [0.1, 0.15) is 12.4 Å². The van der Waals surface area contributed by atoms with E-state index in [0.717, 1.165) is 24.3 Å². The van der Waals surface area contributed by atoms with Crippen LogP contribution in [0.5, 0.6) is 0 Å². The van der Waals surface area contributed by atoms with Crippen LogP contribution in [0.4, 0.5) is 17.6 Å². The van der Waals surface area contributed by atoms with Gasteiger partial charge in [-0.1, -0.05) is 17.7 Å². The van der Waals surface area contributed by atoms with E-state index >= 15 is 0 Å². The number of amides is 1. The summed E-state index contributed by atoms with van der Waals surface area (Å²) in [5, 5.41) is 0.166. The van der Waals surface area contributed by atoms with Gasteiger partial charge in [-0.25, -0.2) is 4.39 Å². The van der Waals surface area contributed by atoms with Gasteiger partial charge in [-0.05, 0) is 49.2 Å². The number of ether oxygens (including phenoxy) is 1. The van der Waals surface area contributed by atoms with E-state index in [-0.39, 0.29) is 35.8 Å². The van der Waals surface area contributed by atoms with Crippen LogP contribution in [-0.2, 0) is 22.3 Å². The average molecular weight is 444 g/mol. The zero-order valence-electron chi connectivity index (χ0n) is 15.7. The first kappa shape index (κ1) is 22.1. The van der Waals surface area contributed by atoms with Crippen molar-refractivity contribution in [1.29, 1.82) is 0 Å². The largest absolute Gasteiger partial charge is 0.460 e. The first-order valence-corrected chi connectivity index (χ1v) is 9.60. The van der Waals surface area contributed by atoms with Crippen LogP contribution in [-0.4, -0.2) is 29.9 Å². The fourth-order valence-electron chi connectivity index (χ4n) is 3.23. The van der Waals surface area contributed by atoms with E-state index < -0.39 is 35.4 Å². The molecule has 9 heteroatoms. The lowest BCUT2D eigenvalue weighted by Gasteiger charge is -2.31. The van der Waals surface area contributed by atoms with E-state index in [4.69, 9.17) is 16.3 Å². The molecule has 0 atom stereocenters. The van der Waals surface area contributed by atoms with Gasteiger partial charge in [-0.3, -0.25) is 9.59 Å². The molecule has 2 aromatic carbocycles. The highest BCUT2D eigenvalue weighted by molar-refractivity contribution is 6.31. The number of nitrogens with zero attached hydrogens (tertiary/aromatic N) is 1. The minimum Gasteiger partial charge on any atom is -0.460 e. The van der Waals surface area contributed by atoms with Gasteiger partial charge in [0.05, 0.1) is 16.5 Å². The number of alkyl halides is 3. The van der Waals surface area contributed by atoms with Gasteiger partial charge >= 0.3 is 12.1 Å². The Bertz CT molecular complexity index is 903. The van der Waals surface area contributed by atoms with Gasteiger partial charge in [-0.2, -0.15) is 13.2 Å². The third-order valence-electron chi connectivity index (χ3n) is 5.00. The molecule has 1 amide bonds. The molecule has 0 bridgehead atoms. The molecule has 30 heavy (non-hydrogen) atoms. The van der Waals surface area contributed by atoms with E-state index in [1.165, 1.54) is 23.1 Å². The van der Waals surface area contributed by atoms with Crippen molar-refractivity contribution in [3.8, 4) is 0 Å². The molecule has 0 aliphatic carbocycles. The molecule has 1 aliphatic heterocycles. The normalized spacial score (nSPS) is 15.2. The van der Waals surface area contributed by atoms with Gasteiger partial charge in [0, 0.05) is 24.2 Å². The Morgan fingerprint density at radius 2 is 1.70 bits per heavy atom. The van der Waals surface area contributed by atoms with E-state index in [2.05, 4.69) is 0 Å². The predicted octanol–water partition coefficient (Wildman–Crippen LogP) is 5.09. The Morgan fingerprint density at radius 3 is 2.27 bits per heavy atom. The lowest BCUT2D eigenvalue weighted by Crippen LogP contribution is -2.40. The lowest BCUT2D eigenvalue weighted by atomic mass is 9.96. The van der Waals surface area contributed by atoms with Crippen molar-refractivity contribution in [2.45, 2.75) is 25.6 Å². The first-order valence-electron chi connectivity index (χ1n) is 9.23. The number of benzene rings is 2. The summed E-state index contributed by atoms with van der Waals surface area (Å²) >= 11 is 5.91. The van der Waals surface area contributed by atoms with Crippen LogP contribution in [0.2, 0.25) is 5.02 Å². The van der Waals surface area contributed by atoms with Crippen LogP contribution in [0.1, 0.15) is 34.3 Å². The van der Waals surface area contributed by atoms with Crippen LogP contribution in [0.3, 0.4) is 0 Å². The number of piperidine rings is 1. The molecule has 1 aliphatic rings. The maximum absolute atomic E-state index is 13.8. The van der Waals surface area contributed by atoms with Crippen LogP contribution in [0.15, 0.2) is 42.5 Å². The molecular weight excluding hydrogens is 426 g/mol. The van der Waals surface area contributed by atoms with Crippen molar-refractivity contribution in [2.75, 3.05) is 13.1 Å². The quantitative estimate of drug-likeness (QED) is 0.488. The lowest BCUT2D eigenvalue weighted by molar-refractivity contribution is -0.151. The molecule has 0 saturated carbocycles. The molecule has 0 spiro atoms. The summed E-state index contributed by atoms with van der Waals surface area (Å²) in [5.74, 6) is -1.91. The summed E-state index contributed by atoms with van der Waals surface area (Å²) in [6.45, 7) is 0.245. The van der Waals surface area contributed by atoms with Crippen molar-refractivity contribution in [1.82, 2.24) is 4.90 Å². The zero-order chi connectivity index (χ0) is 21.9. The zero-order valence-corrected chi connectivity index (χ0v) is 16.5. The number of hydrogen-bond donors (Lipinski definition) is 0. The number of carbonyl (C=O) groups excluding carboxylic acids is 2. The Labute approximate surface area is 175 Å². The topological polar surface area (TPSA) is 46.6 Å². The van der Waals surface area contributed by atoms with E-state index in [0.29, 0.717) is 12.8 Å². The molecule has 0 N–H and O–H groups in total. The number of rotatable bonds is 4. The van der Waals surface area contributed by atoms with Gasteiger partial charge in [0.25, 0.3) is 5.91 Å². The van der Waals surface area contributed by atoms with Crippen molar-refractivity contribution < 1.29 is 31.9 Å². The monoisotopic (exact) mass is 443 g/mol. The molecule has 4 nitrogen and oxygen atoms in total. The summed E-state index contributed by atoms with van der Waals surface area (Å²) in [4.78, 5) is 26.3. The summed E-state index contributed by atoms with van der Waals surface area (Å²) < 4.78 is 56.9. The van der Waals surface area contributed by atoms with Crippen molar-refractivity contribution in [2.24, 2.45) is 5.92 Å². The Morgan fingerprint density at radius 1 is 1.07 bits per heavy atom. The second kappa shape index (κ2) is 9.04. The highest BCUT2D eigenvalue weighted by atomic mass is 35.5. The smallest absolute Gasteiger partial charge is 0.416 e. The third-order valence-corrected chi connectivity index (χ3v) is 5.35. The molecule has 1 saturated heterocycles. The summed E-state index contributed by atoms with van der Waals surface area (Å²) in [7, 11) is 0. The van der Waals surface area contributed by atoms with Gasteiger partial charge in [0.15, 0.2) is 0 Å². The molecule has 0 radical (unpaired) electrons. The Hall–Kier alpha value is -2.61. The third kappa shape index (κ3) is 5.11. The highest BCUT2D eigenvalue weighted by Gasteiger charge is 2.32. The van der Waals surface area contributed by atoms with Crippen LogP contribution in [0.25, 0.3) is 0 Å². The van der Waals surface area contributed by atoms with Crippen LogP contribution in [0, 0.1) is 11.7 Å². The Balaban J connectivity index is 1.52. The molecule has 1 heterocycles. The second-order valence-electron chi connectivity index (χ2n) is 6.95. The minimum atomic E-state index is -4.47. The van der Waals surface area contributed by atoms with Crippen molar-refractivity contribution in [3.63, 3.8) is 0 Å². The van der Waals surface area contributed by atoms with Gasteiger partial charge in [-0.15, -0.1) is 0 Å². The van der Waals surface area contributed by atoms with Crippen molar-refractivity contribution >= 4 is 23.5 Å². The summed E-state index contributed by atoms with van der Waals surface area (Å²) in [5.41, 5.74) is -0.573. The fraction of sp³-hybridized carbons (Fsp3) is 0.333. The SMILES string of the molecule is O=C(OCc1c(F)cccc1Cl)C1CCN(C(=O)c2ccc(C(F)(F)F)cc2)CC1. The number of likely N-dealkylation sites (tertiary alicyclic amines) is 1. The standard InChI is InChI=1S/C21H18ClF4NO3/c22-17-2-1-3-18(23)16(17)12-30-20(29)14-8-10-27(11-9-14)19(28)13-4-6-15(7-5-13)21(24,25)26/h1-7,14H,8-12H2. The summed E-state index contributed by atoms with van der Waals surface area (Å²) in [6.07, 6.45) is -3.78. The van der Waals surface area contributed by atoms with E-state index in [9.17, 15) is 27.2 Å². The first-order chi connectivity index (χ1) is 14.2. The van der Waals surface area contributed by atoms with Crippen LogP contribution < -0.4 is 0 Å². The number of carbonyl (C=O) groups is 2. The van der Waals surface area contributed by atoms with Crippen molar-refractivity contribution in [3.05, 3.63) is 70.0 Å². The maximum Gasteiger partial charge on any atom is 0.416 e. The molecule has 2 aromatic rings. The summed E-state index contributed by atoms with van der Waals surface area (Å²) in [6, 6.07) is 8.19. The predicted molar refractivity (Wildman–Crippen MR) is 101 cm³/mol. The molecule has 0 aromatic heterocycles. The minimum absolute atomic E-state index is 0.0995. The molecule has 3 rings (SSSR count). The number of halogens is 5. The fourth-order valence-corrected chi connectivity index (χ4v) is 3.45. The van der Waals surface area contributed by atoms with Gasteiger partial charge in [0.2, 0.25) is 0 Å². The number of hydrogen-bond acceptors (Lipinski definition) is 3. The second-order valence-corrected chi connectivity index (χ2v) is 7.36. The molecule has 160 valence electrons. The average Bonchev–Trinajstić information content (AvgIpc) is 2.72. The van der Waals surface area contributed by atoms with Gasteiger partial charge < -0.3 is 9.64 Å².